The summed E-state index contributed by atoms with van der Waals surface area (Å²) in [4.78, 5) is 38.5. The topological polar surface area (TPSA) is 183 Å². The second kappa shape index (κ2) is 22.5. The van der Waals surface area contributed by atoms with Gasteiger partial charge in [0, 0.05) is 91.3 Å². The number of hydrogen-bond acceptors (Lipinski definition) is 16. The highest BCUT2D eigenvalue weighted by atomic mass is 19.1. The summed E-state index contributed by atoms with van der Waals surface area (Å²) in [7, 11) is 0. The van der Waals surface area contributed by atoms with Gasteiger partial charge in [0.15, 0.2) is 11.6 Å². The van der Waals surface area contributed by atoms with Gasteiger partial charge < -0.3 is 41.1 Å². The molecule has 14 rings (SSSR count). The fraction of sp³-hybridized carbons (Fsp3) is 0.554. The lowest BCUT2D eigenvalue weighted by Gasteiger charge is -2.34. The highest BCUT2D eigenvalue weighted by molar-refractivity contribution is 5.99. The number of benzene rings is 2. The molecule has 83 heavy (non-hydrogen) atoms. The Labute approximate surface area is 487 Å². The van der Waals surface area contributed by atoms with Crippen molar-refractivity contribution in [3.8, 4) is 34.5 Å². The van der Waals surface area contributed by atoms with Crippen LogP contribution in [0.1, 0.15) is 136 Å². The molecule has 8 aliphatic rings. The molecule has 0 aliphatic carbocycles. The molecule has 438 valence electrons. The third-order valence-corrected chi connectivity index (χ3v) is 20.2. The van der Waals surface area contributed by atoms with Crippen LogP contribution in [0.15, 0.2) is 30.6 Å². The highest BCUT2D eigenvalue weighted by Gasteiger charge is 2.47. The standard InChI is InChI=1S/C35H45FN6O.C30H37FN8O/c1-5-9-24-17-22(3)23(4)29(27(24)10-6-2)32-30(36)31-28(18-37-32)33(41-19-25-11-12-26(20-41)38-25)40-34(39-31)43-21-35-13-7-15-42(35)16-8-14-35;1-17-11-23(33)21(12-32)24(18(17)2)27-25(31)26-22(13-34-27)28(38-14-19-5-6-20(15-38)35-19)37-29(36-26)40-16-30-7-3-9-39(30)10-4-8-30/h6,10,17-18,25-26,38H,5,7-9,11-16,19-21H2,1-4H3;11-13,19-20,32,35H,3-10,14-16,33H2,1-2H3/b10-6-;. The zero-order valence-electron chi connectivity index (χ0n) is 49.4. The van der Waals surface area contributed by atoms with Gasteiger partial charge in [0.2, 0.25) is 0 Å². The van der Waals surface area contributed by atoms with Crippen LogP contribution >= 0.6 is 0 Å². The maximum atomic E-state index is 17.0. The molecule has 5 N–H and O–H groups in total. The molecule has 4 bridgehead atoms. The molecule has 8 saturated heterocycles. The Morgan fingerprint density at radius 2 is 1.08 bits per heavy atom. The monoisotopic (exact) mass is 1130 g/mol. The summed E-state index contributed by atoms with van der Waals surface area (Å²) in [5.41, 5.74) is 15.8. The van der Waals surface area contributed by atoms with Crippen LogP contribution in [0.25, 0.3) is 50.4 Å². The predicted octanol–water partition coefficient (Wildman–Crippen LogP) is 10.4. The molecule has 4 aromatic heterocycles. The number of nitrogens with zero attached hydrogens (tertiary/aromatic N) is 10. The van der Waals surface area contributed by atoms with Crippen molar-refractivity contribution in [2.24, 2.45) is 0 Å². The summed E-state index contributed by atoms with van der Waals surface area (Å²) >= 11 is 0. The van der Waals surface area contributed by atoms with E-state index in [9.17, 15) is 0 Å². The number of rotatable bonds is 14. The van der Waals surface area contributed by atoms with Crippen molar-refractivity contribution in [1.29, 1.82) is 5.41 Å². The number of aryl methyl sites for hydroxylation is 3. The third kappa shape index (κ3) is 10.1. The second-order valence-electron chi connectivity index (χ2n) is 25.4. The fourth-order valence-corrected chi connectivity index (χ4v) is 15.8. The van der Waals surface area contributed by atoms with E-state index in [1.54, 1.807) is 12.4 Å². The molecular formula is C65H82F2N14O2. The number of ether oxygens (including phenoxy) is 2. The van der Waals surface area contributed by atoms with E-state index < -0.39 is 11.6 Å². The molecule has 6 aromatic rings. The number of aromatic nitrogens is 6. The molecule has 4 unspecified atom stereocenters. The first-order valence-corrected chi connectivity index (χ1v) is 30.9. The van der Waals surface area contributed by atoms with E-state index in [2.05, 4.69) is 73.1 Å². The lowest BCUT2D eigenvalue weighted by molar-refractivity contribution is 0.108. The summed E-state index contributed by atoms with van der Waals surface area (Å²) in [6.07, 6.45) is 24.5. The van der Waals surface area contributed by atoms with Gasteiger partial charge >= 0.3 is 12.0 Å². The molecule has 0 radical (unpaired) electrons. The molecule has 8 fully saturated rings. The van der Waals surface area contributed by atoms with Crippen molar-refractivity contribution >= 4 is 51.4 Å². The van der Waals surface area contributed by atoms with Crippen molar-refractivity contribution in [1.82, 2.24) is 50.3 Å². The number of halogens is 2. The second-order valence-corrected chi connectivity index (χ2v) is 25.4. The Morgan fingerprint density at radius 1 is 0.651 bits per heavy atom. The first-order valence-electron chi connectivity index (χ1n) is 30.9. The van der Waals surface area contributed by atoms with Gasteiger partial charge in [0.05, 0.1) is 21.9 Å². The molecule has 0 saturated carbocycles. The van der Waals surface area contributed by atoms with Gasteiger partial charge in [-0.25, -0.2) is 8.78 Å². The van der Waals surface area contributed by atoms with Crippen molar-refractivity contribution < 1.29 is 18.3 Å². The summed E-state index contributed by atoms with van der Waals surface area (Å²) in [6, 6.07) is 6.18. The molecule has 4 atom stereocenters. The number of pyridine rings is 2. The summed E-state index contributed by atoms with van der Waals surface area (Å²) in [6.45, 7) is 21.0. The zero-order chi connectivity index (χ0) is 57.3. The third-order valence-electron chi connectivity index (χ3n) is 20.2. The molecular weight excluding hydrogens is 1050 g/mol. The number of nitrogens with one attached hydrogen (secondary N) is 3. The van der Waals surface area contributed by atoms with Crippen LogP contribution in [0.2, 0.25) is 0 Å². The SMILES string of the molecule is C/C=C\c1c(CCC)cc(C)c(C)c1-c1ncc2c(N3CC4CCC(C3)N4)nc(OCC34CCCN3CCC4)nc2c1F.Cc1cc(N)c(C=N)c(-c2ncc3c(N4CC5CCC(C4)N5)nc(OCC45CCCN4CCC5)nc3c2F)c1C. The van der Waals surface area contributed by atoms with Crippen LogP contribution in [0.3, 0.4) is 0 Å². The number of anilines is 3. The molecule has 12 heterocycles. The smallest absolute Gasteiger partial charge is 0.319 e. The van der Waals surface area contributed by atoms with E-state index in [0.29, 0.717) is 82.0 Å². The van der Waals surface area contributed by atoms with Gasteiger partial charge in [-0.2, -0.15) is 19.9 Å². The van der Waals surface area contributed by atoms with E-state index in [-0.39, 0.29) is 34.3 Å². The maximum absolute atomic E-state index is 17.0. The van der Waals surface area contributed by atoms with Gasteiger partial charge in [0.1, 0.15) is 47.3 Å². The summed E-state index contributed by atoms with van der Waals surface area (Å²) < 4.78 is 46.4. The minimum atomic E-state index is -0.540. The van der Waals surface area contributed by atoms with Gasteiger partial charge in [-0.3, -0.25) is 19.8 Å². The minimum absolute atomic E-state index is 0.0314. The largest absolute Gasteiger partial charge is 0.461 e. The number of nitrogen functional groups attached to an aromatic ring is 1. The number of hydrogen-bond donors (Lipinski definition) is 4. The highest BCUT2D eigenvalue weighted by Crippen LogP contribution is 2.44. The normalized spacial score (nSPS) is 23.4. The van der Waals surface area contributed by atoms with E-state index in [1.165, 1.54) is 37.5 Å². The van der Waals surface area contributed by atoms with Crippen LogP contribution in [-0.2, 0) is 6.42 Å². The van der Waals surface area contributed by atoms with Crippen LogP contribution < -0.4 is 35.6 Å². The van der Waals surface area contributed by atoms with E-state index in [0.717, 1.165) is 156 Å². The lowest BCUT2D eigenvalue weighted by atomic mass is 9.88. The number of fused-ring (bicyclic) bond motifs is 8. The minimum Gasteiger partial charge on any atom is -0.461 e. The molecule has 0 amide bonds. The van der Waals surface area contributed by atoms with Gasteiger partial charge in [-0.15, -0.1) is 0 Å². The van der Waals surface area contributed by atoms with Gasteiger partial charge in [0.25, 0.3) is 0 Å². The quantitative estimate of drug-likeness (QED) is 0.0597. The summed E-state index contributed by atoms with van der Waals surface area (Å²) in [5, 5.41) is 16.6. The lowest BCUT2D eigenvalue weighted by Crippen LogP contribution is -2.51. The number of allylic oxidation sites excluding steroid dienone is 1. The van der Waals surface area contributed by atoms with Crippen LogP contribution in [-0.4, -0.2) is 147 Å². The molecule has 0 spiro atoms. The zero-order valence-corrected chi connectivity index (χ0v) is 49.4. The predicted molar refractivity (Wildman–Crippen MR) is 326 cm³/mol. The van der Waals surface area contributed by atoms with Crippen molar-refractivity contribution in [2.75, 3.05) is 81.1 Å². The van der Waals surface area contributed by atoms with E-state index >= 15 is 8.78 Å². The Morgan fingerprint density at radius 3 is 1.51 bits per heavy atom. The van der Waals surface area contributed by atoms with Gasteiger partial charge in [-0.05, 0) is 184 Å². The average Bonchev–Trinajstić information content (AvgIpc) is 4.53. The molecule has 16 nitrogen and oxygen atoms in total. The van der Waals surface area contributed by atoms with Crippen molar-refractivity contribution in [3.05, 3.63) is 81.2 Å². The Bertz CT molecular complexity index is 3490. The van der Waals surface area contributed by atoms with Crippen LogP contribution in [0.4, 0.5) is 26.1 Å². The first kappa shape index (κ1) is 55.7. The number of nitrogens with two attached hydrogens (primary N) is 1. The Balaban J connectivity index is 0.000000156. The Kier molecular flexibility index (Phi) is 15.1. The Hall–Kier alpha value is -6.47. The van der Waals surface area contributed by atoms with Crippen molar-refractivity contribution in [3.63, 3.8) is 0 Å². The molecule has 8 aliphatic heterocycles. The fourth-order valence-electron chi connectivity index (χ4n) is 15.8. The molecule has 2 aromatic carbocycles. The first-order chi connectivity index (χ1) is 40.3. The summed E-state index contributed by atoms with van der Waals surface area (Å²) in [5.74, 6) is 0.482. The van der Waals surface area contributed by atoms with Crippen LogP contribution in [0, 0.1) is 44.7 Å². The molecule has 18 heteroatoms. The average molecular weight is 1130 g/mol. The van der Waals surface area contributed by atoms with E-state index in [1.807, 2.05) is 32.9 Å². The van der Waals surface area contributed by atoms with Gasteiger partial charge in [-0.1, -0.05) is 31.6 Å². The number of piperazine rings is 2. The van der Waals surface area contributed by atoms with E-state index in [4.69, 9.17) is 40.6 Å². The van der Waals surface area contributed by atoms with Crippen molar-refractivity contribution in [2.45, 2.75) is 167 Å². The van der Waals surface area contributed by atoms with Crippen LogP contribution in [0.5, 0.6) is 12.0 Å². The maximum Gasteiger partial charge on any atom is 0.319 e.